The number of carbonyl (C=O) groups is 2. The Bertz CT molecular complexity index is 1360. The number of anilines is 1. The van der Waals surface area contributed by atoms with Gasteiger partial charge in [-0.3, -0.25) is 14.5 Å². The molecule has 1 aliphatic rings. The third-order valence-electron chi connectivity index (χ3n) is 6.88. The minimum absolute atomic E-state index is 0.0717. The number of nitrogens with zero attached hydrogens (tertiary/aromatic N) is 4. The summed E-state index contributed by atoms with van der Waals surface area (Å²) in [6.07, 6.45) is 5.28. The van der Waals surface area contributed by atoms with Crippen LogP contribution < -0.4 is 15.0 Å². The molecular formula is C29H31N5O3. The zero-order chi connectivity index (χ0) is 25.6. The topological polar surface area (TPSA) is 89.3 Å². The van der Waals surface area contributed by atoms with E-state index in [0.29, 0.717) is 17.0 Å². The van der Waals surface area contributed by atoms with Crippen LogP contribution in [0.2, 0.25) is 0 Å². The lowest BCUT2D eigenvalue weighted by Gasteiger charge is -2.33. The summed E-state index contributed by atoms with van der Waals surface area (Å²) in [5, 5.41) is 11.6. The lowest BCUT2D eigenvalue weighted by atomic mass is 9.94. The molecule has 37 heavy (non-hydrogen) atoms. The van der Waals surface area contributed by atoms with E-state index in [4.69, 9.17) is 4.74 Å². The van der Waals surface area contributed by atoms with Gasteiger partial charge in [0.15, 0.2) is 0 Å². The number of hydrogen-bond donors (Lipinski definition) is 1. The number of rotatable bonds is 8. The molecule has 1 fully saturated rings. The number of aromatic nitrogens is 3. The summed E-state index contributed by atoms with van der Waals surface area (Å²) in [6, 6.07) is 23.4. The van der Waals surface area contributed by atoms with Crippen LogP contribution in [0.5, 0.6) is 5.75 Å². The van der Waals surface area contributed by atoms with Gasteiger partial charge >= 0.3 is 0 Å². The Morgan fingerprint density at radius 3 is 2.54 bits per heavy atom. The predicted molar refractivity (Wildman–Crippen MR) is 142 cm³/mol. The van der Waals surface area contributed by atoms with Crippen LogP contribution in [-0.4, -0.2) is 40.0 Å². The minimum Gasteiger partial charge on any atom is -0.497 e. The van der Waals surface area contributed by atoms with Gasteiger partial charge in [0, 0.05) is 17.8 Å². The first kappa shape index (κ1) is 24.5. The van der Waals surface area contributed by atoms with Crippen LogP contribution in [0.4, 0.5) is 5.69 Å². The predicted octanol–water partition coefficient (Wildman–Crippen LogP) is 4.66. The molecule has 4 aromatic rings. The number of methoxy groups -OCH3 is 1. The first-order valence-electron chi connectivity index (χ1n) is 12.7. The molecule has 0 spiro atoms. The van der Waals surface area contributed by atoms with Gasteiger partial charge in [-0.2, -0.15) is 0 Å². The fourth-order valence-corrected chi connectivity index (χ4v) is 5.02. The Morgan fingerprint density at radius 1 is 1.00 bits per heavy atom. The number of carbonyl (C=O) groups excluding carboxylic acids is 2. The van der Waals surface area contributed by atoms with Crippen LogP contribution in [-0.2, 0) is 16.1 Å². The summed E-state index contributed by atoms with van der Waals surface area (Å²) in [5.41, 5.74) is 2.76. The van der Waals surface area contributed by atoms with E-state index in [1.165, 1.54) is 6.42 Å². The first-order chi connectivity index (χ1) is 18.1. The van der Waals surface area contributed by atoms with E-state index in [1.807, 2.05) is 72.8 Å². The Morgan fingerprint density at radius 2 is 1.76 bits per heavy atom. The fourth-order valence-electron chi connectivity index (χ4n) is 5.02. The quantitative estimate of drug-likeness (QED) is 0.382. The van der Waals surface area contributed by atoms with E-state index in [2.05, 4.69) is 15.6 Å². The standard InChI is InChI=1S/C29H31N5O3/c1-37-24-16-10-15-23(19-24)34(27(35)20-33-26-18-9-8-17-25(26)31-32-33)28(21-11-4-2-5-12-21)29(36)30-22-13-6-3-7-14-22/h2,4-5,8-12,15-19,22,28H,3,6-7,13-14,20H2,1H3,(H,30,36)/t28-/m0/s1. The highest BCUT2D eigenvalue weighted by Gasteiger charge is 2.34. The third-order valence-corrected chi connectivity index (χ3v) is 6.88. The summed E-state index contributed by atoms with van der Waals surface area (Å²) >= 11 is 0. The molecule has 1 aliphatic carbocycles. The molecule has 190 valence electrons. The maximum atomic E-state index is 14.1. The first-order valence-corrected chi connectivity index (χ1v) is 12.7. The number of nitrogens with one attached hydrogen (secondary N) is 1. The molecule has 8 nitrogen and oxygen atoms in total. The number of benzene rings is 3. The van der Waals surface area contributed by atoms with E-state index in [-0.39, 0.29) is 24.4 Å². The second-order valence-corrected chi connectivity index (χ2v) is 9.36. The largest absolute Gasteiger partial charge is 0.497 e. The van der Waals surface area contributed by atoms with E-state index < -0.39 is 6.04 Å². The smallest absolute Gasteiger partial charge is 0.249 e. The number of para-hydroxylation sites is 1. The molecule has 8 heteroatoms. The highest BCUT2D eigenvalue weighted by atomic mass is 16.5. The van der Waals surface area contributed by atoms with Crippen LogP contribution in [0.3, 0.4) is 0 Å². The molecule has 0 aliphatic heterocycles. The van der Waals surface area contributed by atoms with Gasteiger partial charge in [-0.25, -0.2) is 4.68 Å². The number of fused-ring (bicyclic) bond motifs is 1. The Hall–Kier alpha value is -4.20. The molecule has 2 amide bonds. The maximum Gasteiger partial charge on any atom is 0.249 e. The van der Waals surface area contributed by atoms with Crippen LogP contribution >= 0.6 is 0 Å². The fraction of sp³-hybridized carbons (Fsp3) is 0.310. The second kappa shape index (κ2) is 11.2. The van der Waals surface area contributed by atoms with Crippen molar-refractivity contribution in [3.63, 3.8) is 0 Å². The minimum atomic E-state index is -0.863. The highest BCUT2D eigenvalue weighted by molar-refractivity contribution is 6.01. The number of ether oxygens (including phenoxy) is 1. The van der Waals surface area contributed by atoms with Crippen LogP contribution in [0.15, 0.2) is 78.9 Å². The zero-order valence-corrected chi connectivity index (χ0v) is 20.9. The van der Waals surface area contributed by atoms with Crippen LogP contribution in [0.1, 0.15) is 43.7 Å². The maximum absolute atomic E-state index is 14.1. The second-order valence-electron chi connectivity index (χ2n) is 9.36. The monoisotopic (exact) mass is 497 g/mol. The van der Waals surface area contributed by atoms with E-state index in [0.717, 1.165) is 36.8 Å². The van der Waals surface area contributed by atoms with Crippen molar-refractivity contribution in [1.82, 2.24) is 20.3 Å². The van der Waals surface area contributed by atoms with E-state index in [9.17, 15) is 9.59 Å². The molecule has 1 heterocycles. The van der Waals surface area contributed by atoms with E-state index >= 15 is 0 Å². The molecule has 3 aromatic carbocycles. The van der Waals surface area contributed by atoms with Gasteiger partial charge in [0.25, 0.3) is 0 Å². The molecule has 0 unspecified atom stereocenters. The van der Waals surface area contributed by atoms with Gasteiger partial charge in [-0.05, 0) is 42.7 Å². The molecule has 0 saturated heterocycles. The van der Waals surface area contributed by atoms with Gasteiger partial charge in [0.05, 0.1) is 12.6 Å². The number of hydrogen-bond acceptors (Lipinski definition) is 5. The van der Waals surface area contributed by atoms with Crippen molar-refractivity contribution in [3.8, 4) is 5.75 Å². The molecule has 0 radical (unpaired) electrons. The van der Waals surface area contributed by atoms with Gasteiger partial charge in [0.1, 0.15) is 23.9 Å². The average Bonchev–Trinajstić information content (AvgIpc) is 3.35. The molecule has 1 aromatic heterocycles. The summed E-state index contributed by atoms with van der Waals surface area (Å²) in [5.74, 6) is 0.121. The van der Waals surface area contributed by atoms with Crippen molar-refractivity contribution in [2.24, 2.45) is 0 Å². The van der Waals surface area contributed by atoms with Gasteiger partial charge < -0.3 is 10.1 Å². The molecule has 1 saturated carbocycles. The van der Waals surface area contributed by atoms with Crippen LogP contribution in [0.25, 0.3) is 11.0 Å². The summed E-state index contributed by atoms with van der Waals surface area (Å²) in [7, 11) is 1.58. The van der Waals surface area contributed by atoms with Crippen molar-refractivity contribution >= 4 is 28.5 Å². The lowest BCUT2D eigenvalue weighted by Crippen LogP contribution is -2.48. The number of amides is 2. The molecule has 5 rings (SSSR count). The van der Waals surface area contributed by atoms with E-state index in [1.54, 1.807) is 22.8 Å². The summed E-state index contributed by atoms with van der Waals surface area (Å²) in [6.45, 7) is -0.0717. The van der Waals surface area contributed by atoms with Crippen molar-refractivity contribution < 1.29 is 14.3 Å². The van der Waals surface area contributed by atoms with Gasteiger partial charge in [-0.15, -0.1) is 5.10 Å². The summed E-state index contributed by atoms with van der Waals surface area (Å²) < 4.78 is 7.02. The Kier molecular flexibility index (Phi) is 7.44. The normalized spacial score (nSPS) is 14.7. The van der Waals surface area contributed by atoms with Gasteiger partial charge in [-0.1, -0.05) is 73.0 Å². The van der Waals surface area contributed by atoms with Crippen molar-refractivity contribution in [1.29, 1.82) is 0 Å². The van der Waals surface area contributed by atoms with Gasteiger partial charge in [0.2, 0.25) is 11.8 Å². The highest BCUT2D eigenvalue weighted by Crippen LogP contribution is 2.31. The molecule has 0 bridgehead atoms. The zero-order valence-electron chi connectivity index (χ0n) is 20.9. The van der Waals surface area contributed by atoms with Crippen molar-refractivity contribution in [2.75, 3.05) is 12.0 Å². The Labute approximate surface area is 216 Å². The lowest BCUT2D eigenvalue weighted by molar-refractivity contribution is -0.127. The van der Waals surface area contributed by atoms with Crippen molar-refractivity contribution in [3.05, 3.63) is 84.4 Å². The average molecular weight is 498 g/mol. The third kappa shape index (κ3) is 5.48. The van der Waals surface area contributed by atoms with Crippen molar-refractivity contribution in [2.45, 2.75) is 50.7 Å². The SMILES string of the molecule is COc1cccc(N(C(=O)Cn2nnc3ccccc32)[C@H](C(=O)NC2CCCCC2)c2ccccc2)c1. The molecule has 1 atom stereocenters. The Balaban J connectivity index is 1.56. The van der Waals surface area contributed by atoms with Crippen LogP contribution in [0, 0.1) is 0 Å². The molecule has 1 N–H and O–H groups in total. The summed E-state index contributed by atoms with van der Waals surface area (Å²) in [4.78, 5) is 29.6. The molecular weight excluding hydrogens is 466 g/mol.